The number of rotatable bonds is 4. The van der Waals surface area contributed by atoms with Crippen molar-refractivity contribution in [1.82, 2.24) is 0 Å². The normalized spacial score (nSPS) is 12.5. The van der Waals surface area contributed by atoms with Crippen molar-refractivity contribution in [3.63, 3.8) is 0 Å². The molecule has 0 saturated heterocycles. The molecule has 0 amide bonds. The third kappa shape index (κ3) is 2.92. The first-order chi connectivity index (χ1) is 7.06. The zero-order valence-electron chi connectivity index (χ0n) is 8.24. The average Bonchev–Trinajstić information content (AvgIpc) is 2.20. The van der Waals surface area contributed by atoms with Crippen LogP contribution in [0.2, 0.25) is 5.02 Å². The zero-order valence-corrected chi connectivity index (χ0v) is 8.99. The fourth-order valence-electron chi connectivity index (χ4n) is 1.28. The second kappa shape index (κ2) is 5.11. The second-order valence-corrected chi connectivity index (χ2v) is 3.53. The lowest BCUT2D eigenvalue weighted by molar-refractivity contribution is -0.138. The van der Waals surface area contributed by atoms with Crippen molar-refractivity contribution >= 4 is 17.6 Å². The van der Waals surface area contributed by atoms with Gasteiger partial charge in [-0.15, -0.1) is 0 Å². The van der Waals surface area contributed by atoms with Crippen molar-refractivity contribution in [3.05, 3.63) is 34.3 Å². The Morgan fingerprint density at radius 3 is 2.87 bits per heavy atom. The Morgan fingerprint density at radius 2 is 2.33 bits per heavy atom. The first kappa shape index (κ1) is 12.0. The molecule has 1 aromatic carbocycles. The van der Waals surface area contributed by atoms with Crippen LogP contribution >= 0.6 is 11.6 Å². The Morgan fingerprint density at radius 1 is 1.67 bits per heavy atom. The molecule has 1 unspecified atom stereocenters. The number of carboxylic acid groups (broad SMARTS) is 1. The number of benzene rings is 1. The molecule has 0 heterocycles. The van der Waals surface area contributed by atoms with Crippen molar-refractivity contribution in [1.29, 1.82) is 0 Å². The Labute approximate surface area is 92.6 Å². The largest absolute Gasteiger partial charge is 0.480 e. The standard InChI is InChI=1S/C10H12ClNO3/c1-15-5-6-2-3-7(11)4-8(6)9(12)10(13)14/h2-4,9H,5,12H2,1H3,(H,13,14). The van der Waals surface area contributed by atoms with Crippen LogP contribution in [0, 0.1) is 0 Å². The number of carboxylic acids is 1. The molecule has 0 aliphatic rings. The van der Waals surface area contributed by atoms with E-state index in [1.54, 1.807) is 18.2 Å². The van der Waals surface area contributed by atoms with Gasteiger partial charge in [0.1, 0.15) is 6.04 Å². The van der Waals surface area contributed by atoms with Gasteiger partial charge in [-0.2, -0.15) is 0 Å². The fraction of sp³-hybridized carbons (Fsp3) is 0.300. The van der Waals surface area contributed by atoms with Crippen molar-refractivity contribution in [2.75, 3.05) is 7.11 Å². The average molecular weight is 230 g/mol. The topological polar surface area (TPSA) is 72.5 Å². The minimum atomic E-state index is -1.09. The van der Waals surface area contributed by atoms with Gasteiger partial charge in [-0.25, -0.2) is 0 Å². The van der Waals surface area contributed by atoms with Crippen LogP contribution in [0.5, 0.6) is 0 Å². The van der Waals surface area contributed by atoms with Crippen molar-refractivity contribution in [3.8, 4) is 0 Å². The van der Waals surface area contributed by atoms with E-state index in [1.807, 2.05) is 0 Å². The van der Waals surface area contributed by atoms with E-state index < -0.39 is 12.0 Å². The number of nitrogens with two attached hydrogens (primary N) is 1. The Hall–Kier alpha value is -1.10. The van der Waals surface area contributed by atoms with Crippen LogP contribution in [0.1, 0.15) is 17.2 Å². The maximum atomic E-state index is 10.8. The van der Waals surface area contributed by atoms with E-state index in [1.165, 1.54) is 7.11 Å². The molecular formula is C10H12ClNO3. The van der Waals surface area contributed by atoms with Gasteiger partial charge < -0.3 is 15.6 Å². The Kier molecular flexibility index (Phi) is 4.08. The summed E-state index contributed by atoms with van der Waals surface area (Å²) in [6.45, 7) is 0.313. The van der Waals surface area contributed by atoms with Crippen LogP contribution in [0.3, 0.4) is 0 Å². The molecule has 1 atom stereocenters. The highest BCUT2D eigenvalue weighted by Gasteiger charge is 2.18. The summed E-state index contributed by atoms with van der Waals surface area (Å²) >= 11 is 5.78. The summed E-state index contributed by atoms with van der Waals surface area (Å²) in [6, 6.07) is 3.86. The van der Waals surface area contributed by atoms with Crippen LogP contribution in [-0.4, -0.2) is 18.2 Å². The van der Waals surface area contributed by atoms with Gasteiger partial charge in [0, 0.05) is 12.1 Å². The number of halogens is 1. The maximum absolute atomic E-state index is 10.8. The fourth-order valence-corrected chi connectivity index (χ4v) is 1.46. The molecule has 5 heteroatoms. The highest BCUT2D eigenvalue weighted by atomic mass is 35.5. The predicted octanol–water partition coefficient (Wildman–Crippen LogP) is 1.57. The molecule has 0 fully saturated rings. The summed E-state index contributed by atoms with van der Waals surface area (Å²) in [6.07, 6.45) is 0. The summed E-state index contributed by atoms with van der Waals surface area (Å²) in [5.74, 6) is -1.09. The van der Waals surface area contributed by atoms with Gasteiger partial charge in [-0.1, -0.05) is 17.7 Å². The van der Waals surface area contributed by atoms with Gasteiger partial charge in [0.05, 0.1) is 6.61 Å². The molecule has 0 aromatic heterocycles. The van der Waals surface area contributed by atoms with E-state index in [0.29, 0.717) is 17.2 Å². The molecule has 0 saturated carbocycles. The summed E-state index contributed by atoms with van der Waals surface area (Å²) in [5, 5.41) is 9.27. The Bertz CT molecular complexity index is 368. The first-order valence-corrected chi connectivity index (χ1v) is 4.69. The third-order valence-corrected chi connectivity index (χ3v) is 2.24. The monoisotopic (exact) mass is 229 g/mol. The molecule has 4 nitrogen and oxygen atoms in total. The third-order valence-electron chi connectivity index (χ3n) is 2.01. The molecule has 3 N–H and O–H groups in total. The van der Waals surface area contributed by atoms with Gasteiger partial charge in [0.2, 0.25) is 0 Å². The van der Waals surface area contributed by atoms with E-state index in [0.717, 1.165) is 5.56 Å². The maximum Gasteiger partial charge on any atom is 0.325 e. The smallest absolute Gasteiger partial charge is 0.325 e. The molecule has 0 aliphatic heterocycles. The number of aliphatic carboxylic acids is 1. The molecule has 0 radical (unpaired) electrons. The van der Waals surface area contributed by atoms with Gasteiger partial charge in [0.15, 0.2) is 0 Å². The van der Waals surface area contributed by atoms with Crippen LogP contribution in [-0.2, 0) is 16.1 Å². The summed E-state index contributed by atoms with van der Waals surface area (Å²) in [5.41, 5.74) is 6.74. The van der Waals surface area contributed by atoms with Crippen molar-refractivity contribution in [2.45, 2.75) is 12.6 Å². The van der Waals surface area contributed by atoms with Crippen LogP contribution in [0.4, 0.5) is 0 Å². The van der Waals surface area contributed by atoms with Crippen LogP contribution in [0.15, 0.2) is 18.2 Å². The first-order valence-electron chi connectivity index (χ1n) is 4.32. The highest BCUT2D eigenvalue weighted by molar-refractivity contribution is 6.30. The zero-order chi connectivity index (χ0) is 11.4. The molecule has 0 spiro atoms. The van der Waals surface area contributed by atoms with Crippen LogP contribution in [0.25, 0.3) is 0 Å². The Balaban J connectivity index is 3.11. The molecule has 1 rings (SSSR count). The number of ether oxygens (including phenoxy) is 1. The minimum absolute atomic E-state index is 0.313. The molecule has 1 aromatic rings. The van der Waals surface area contributed by atoms with Gasteiger partial charge >= 0.3 is 5.97 Å². The molecular weight excluding hydrogens is 218 g/mol. The van der Waals surface area contributed by atoms with Crippen molar-refractivity contribution in [2.24, 2.45) is 5.73 Å². The predicted molar refractivity (Wildman–Crippen MR) is 56.7 cm³/mol. The van der Waals surface area contributed by atoms with E-state index in [9.17, 15) is 4.79 Å². The second-order valence-electron chi connectivity index (χ2n) is 3.09. The minimum Gasteiger partial charge on any atom is -0.480 e. The van der Waals surface area contributed by atoms with Gasteiger partial charge in [-0.3, -0.25) is 4.79 Å². The lowest BCUT2D eigenvalue weighted by atomic mass is 10.0. The lowest BCUT2D eigenvalue weighted by Crippen LogP contribution is -2.22. The van der Waals surface area contributed by atoms with E-state index in [4.69, 9.17) is 27.2 Å². The molecule has 82 valence electrons. The summed E-state index contributed by atoms with van der Waals surface area (Å²) in [4.78, 5) is 10.8. The quantitative estimate of drug-likeness (QED) is 0.822. The summed E-state index contributed by atoms with van der Waals surface area (Å²) in [7, 11) is 1.53. The highest BCUT2D eigenvalue weighted by Crippen LogP contribution is 2.22. The molecule has 0 bridgehead atoms. The number of hydrogen-bond donors (Lipinski definition) is 2. The number of methoxy groups -OCH3 is 1. The van der Waals surface area contributed by atoms with E-state index >= 15 is 0 Å². The van der Waals surface area contributed by atoms with Crippen LogP contribution < -0.4 is 5.73 Å². The van der Waals surface area contributed by atoms with E-state index in [2.05, 4.69) is 0 Å². The molecule has 0 aliphatic carbocycles. The molecule has 15 heavy (non-hydrogen) atoms. The lowest BCUT2D eigenvalue weighted by Gasteiger charge is -2.12. The summed E-state index contributed by atoms with van der Waals surface area (Å²) < 4.78 is 4.95. The van der Waals surface area contributed by atoms with Gasteiger partial charge in [0.25, 0.3) is 0 Å². The van der Waals surface area contributed by atoms with Crippen molar-refractivity contribution < 1.29 is 14.6 Å². The SMILES string of the molecule is COCc1ccc(Cl)cc1C(N)C(=O)O. The number of carbonyl (C=O) groups is 1. The van der Waals surface area contributed by atoms with E-state index in [-0.39, 0.29) is 0 Å². The van der Waals surface area contributed by atoms with Gasteiger partial charge in [-0.05, 0) is 23.3 Å². The number of hydrogen-bond acceptors (Lipinski definition) is 3.